The van der Waals surface area contributed by atoms with E-state index in [0.717, 1.165) is 0 Å². The average molecular weight is 445 g/mol. The molecule has 0 bridgehead atoms. The maximum Gasteiger partial charge on any atom is 0.276 e. The lowest BCUT2D eigenvalue weighted by atomic mass is 10.1. The first-order valence-corrected chi connectivity index (χ1v) is 10.7. The minimum absolute atomic E-state index is 0.0308. The van der Waals surface area contributed by atoms with Gasteiger partial charge in [0, 0.05) is 25.9 Å². The Hall–Kier alpha value is -4.19. The van der Waals surface area contributed by atoms with Crippen molar-refractivity contribution in [2.24, 2.45) is 0 Å². The molecule has 2 N–H and O–H groups in total. The lowest BCUT2D eigenvalue weighted by Gasteiger charge is -2.33. The molecule has 1 fully saturated rings. The van der Waals surface area contributed by atoms with Gasteiger partial charge in [0.2, 0.25) is 11.8 Å². The maximum absolute atomic E-state index is 12.8. The molecule has 2 aromatic carbocycles. The van der Waals surface area contributed by atoms with E-state index in [1.165, 1.54) is 0 Å². The normalized spacial score (nSPS) is 15.0. The van der Waals surface area contributed by atoms with Gasteiger partial charge in [-0.15, -0.1) is 0 Å². The summed E-state index contributed by atoms with van der Waals surface area (Å²) in [4.78, 5) is 35.3. The van der Waals surface area contributed by atoms with Crippen molar-refractivity contribution >= 4 is 22.8 Å². The number of hydrogen-bond donors (Lipinski definition) is 2. The van der Waals surface area contributed by atoms with Crippen LogP contribution in [0.3, 0.4) is 0 Å². The Bertz CT molecular complexity index is 1210. The zero-order valence-electron chi connectivity index (χ0n) is 18.1. The molecule has 1 atom stereocenters. The lowest BCUT2D eigenvalue weighted by molar-refractivity contribution is -0.134. The highest BCUT2D eigenvalue weighted by molar-refractivity contribution is 5.98. The summed E-state index contributed by atoms with van der Waals surface area (Å²) in [7, 11) is 0. The van der Waals surface area contributed by atoms with Crippen LogP contribution in [0, 0.1) is 11.3 Å². The number of likely N-dealkylation sites (tertiary alicyclic amines) is 1. The van der Waals surface area contributed by atoms with Crippen LogP contribution in [-0.4, -0.2) is 57.0 Å². The van der Waals surface area contributed by atoms with Gasteiger partial charge in [-0.3, -0.25) is 9.59 Å². The van der Waals surface area contributed by atoms with Gasteiger partial charge >= 0.3 is 0 Å². The van der Waals surface area contributed by atoms with Gasteiger partial charge in [0.1, 0.15) is 17.9 Å². The zero-order valence-corrected chi connectivity index (χ0v) is 18.1. The quantitative estimate of drug-likeness (QED) is 0.617. The van der Waals surface area contributed by atoms with E-state index in [0.29, 0.717) is 48.3 Å². The van der Waals surface area contributed by atoms with Crippen LogP contribution >= 0.6 is 0 Å². The zero-order chi connectivity index (χ0) is 23.4. The monoisotopic (exact) mass is 445 g/mol. The summed E-state index contributed by atoms with van der Waals surface area (Å²) < 4.78 is 5.95. The van der Waals surface area contributed by atoms with Crippen molar-refractivity contribution in [1.82, 2.24) is 20.2 Å². The van der Waals surface area contributed by atoms with E-state index < -0.39 is 17.8 Å². The number of carbonyl (C=O) groups excluding carboxylic acids is 2. The predicted octanol–water partition coefficient (Wildman–Crippen LogP) is 2.40. The molecule has 2 heterocycles. The molecule has 9 heteroatoms. The van der Waals surface area contributed by atoms with Crippen LogP contribution in [0.4, 0.5) is 0 Å². The molecule has 0 unspecified atom stereocenters. The van der Waals surface area contributed by atoms with Crippen molar-refractivity contribution in [3.63, 3.8) is 0 Å². The van der Waals surface area contributed by atoms with Crippen molar-refractivity contribution in [1.29, 1.82) is 5.26 Å². The first-order chi connectivity index (χ1) is 15.9. The van der Waals surface area contributed by atoms with Crippen LogP contribution in [0.25, 0.3) is 11.0 Å². The summed E-state index contributed by atoms with van der Waals surface area (Å²) in [5.74, 6) is -0.665. The first kappa shape index (κ1) is 22.0. The number of hydrogen-bond acceptors (Lipinski definition) is 7. The number of nitriles is 1. The molecule has 3 aromatic rings. The molecule has 0 saturated carbocycles. The number of fused-ring (bicyclic) bond motifs is 1. The van der Waals surface area contributed by atoms with Gasteiger partial charge in [0.25, 0.3) is 5.91 Å². The number of aromatic nitrogens is 2. The third-order valence-corrected chi connectivity index (χ3v) is 5.53. The van der Waals surface area contributed by atoms with E-state index in [-0.39, 0.29) is 17.7 Å². The Kier molecular flexibility index (Phi) is 6.36. The molecule has 4 rings (SSSR count). The van der Waals surface area contributed by atoms with Gasteiger partial charge in [-0.2, -0.15) is 5.26 Å². The number of aromatic hydroxyl groups is 1. The summed E-state index contributed by atoms with van der Waals surface area (Å²) in [5, 5.41) is 21.6. The number of rotatable bonds is 5. The molecular weight excluding hydrogens is 422 g/mol. The number of carbonyl (C=O) groups is 2. The highest BCUT2D eigenvalue weighted by atomic mass is 16.5. The topological polar surface area (TPSA) is 128 Å². The summed E-state index contributed by atoms with van der Waals surface area (Å²) in [6.45, 7) is 2.60. The van der Waals surface area contributed by atoms with Crippen molar-refractivity contribution in [3.05, 3.63) is 59.8 Å². The van der Waals surface area contributed by atoms with Crippen molar-refractivity contribution in [2.45, 2.75) is 31.9 Å². The van der Waals surface area contributed by atoms with Crippen LogP contribution in [-0.2, 0) is 4.79 Å². The van der Waals surface area contributed by atoms with Gasteiger partial charge in [-0.1, -0.05) is 12.1 Å². The minimum Gasteiger partial charge on any atom is -0.492 e. The Labute approximate surface area is 190 Å². The van der Waals surface area contributed by atoms with Crippen LogP contribution in [0.2, 0.25) is 0 Å². The van der Waals surface area contributed by atoms with Gasteiger partial charge in [0.15, 0.2) is 5.69 Å². The number of amides is 2. The van der Waals surface area contributed by atoms with Gasteiger partial charge in [0.05, 0.1) is 22.7 Å². The van der Waals surface area contributed by atoms with Crippen LogP contribution in [0.5, 0.6) is 11.6 Å². The molecule has 0 radical (unpaired) electrons. The number of nitrogens with zero attached hydrogens (tertiary/aromatic N) is 4. The number of ether oxygens (including phenoxy) is 1. The van der Waals surface area contributed by atoms with E-state index in [1.54, 1.807) is 60.4 Å². The molecule has 9 nitrogen and oxygen atoms in total. The highest BCUT2D eigenvalue weighted by Crippen LogP contribution is 2.21. The van der Waals surface area contributed by atoms with Gasteiger partial charge < -0.3 is 20.1 Å². The smallest absolute Gasteiger partial charge is 0.276 e. The van der Waals surface area contributed by atoms with Crippen LogP contribution < -0.4 is 10.1 Å². The van der Waals surface area contributed by atoms with E-state index in [2.05, 4.69) is 21.4 Å². The number of nitrogens with one attached hydrogen (secondary N) is 1. The molecule has 1 saturated heterocycles. The summed E-state index contributed by atoms with van der Waals surface area (Å²) >= 11 is 0. The third kappa shape index (κ3) is 5.01. The predicted molar refractivity (Wildman–Crippen MR) is 120 cm³/mol. The Morgan fingerprint density at radius 1 is 1.12 bits per heavy atom. The maximum atomic E-state index is 12.8. The summed E-state index contributed by atoms with van der Waals surface area (Å²) in [5.41, 5.74) is 1.30. The fraction of sp³-hybridized carbons (Fsp3) is 0.292. The fourth-order valence-electron chi connectivity index (χ4n) is 3.74. The first-order valence-electron chi connectivity index (χ1n) is 10.7. The Morgan fingerprint density at radius 3 is 2.39 bits per heavy atom. The Morgan fingerprint density at radius 2 is 1.76 bits per heavy atom. The molecule has 0 spiro atoms. The summed E-state index contributed by atoms with van der Waals surface area (Å²) in [6.07, 6.45) is 1.28. The minimum atomic E-state index is -0.791. The van der Waals surface area contributed by atoms with Crippen LogP contribution in [0.1, 0.15) is 35.8 Å². The van der Waals surface area contributed by atoms with Gasteiger partial charge in [-0.25, -0.2) is 9.97 Å². The van der Waals surface area contributed by atoms with Gasteiger partial charge in [-0.05, 0) is 43.3 Å². The number of benzene rings is 2. The molecule has 168 valence electrons. The average Bonchev–Trinajstić information content (AvgIpc) is 2.84. The fourth-order valence-corrected chi connectivity index (χ4v) is 3.74. The van der Waals surface area contributed by atoms with E-state index in [4.69, 9.17) is 10.00 Å². The molecule has 0 aliphatic carbocycles. The second kappa shape index (κ2) is 9.53. The molecule has 2 amide bonds. The SMILES string of the molecule is C[C@H](NC(=O)c1nc2ccccc2nc1O)C(=O)N1CCC(Oc2ccc(C#N)cc2)CC1. The molecular formula is C24H23N5O4. The molecule has 33 heavy (non-hydrogen) atoms. The molecule has 1 aliphatic rings. The van der Waals surface area contributed by atoms with E-state index >= 15 is 0 Å². The molecule has 1 aliphatic heterocycles. The number of piperidine rings is 1. The third-order valence-electron chi connectivity index (χ3n) is 5.53. The van der Waals surface area contributed by atoms with Crippen molar-refractivity contribution in [2.75, 3.05) is 13.1 Å². The second-order valence-electron chi connectivity index (χ2n) is 7.86. The highest BCUT2D eigenvalue weighted by Gasteiger charge is 2.29. The van der Waals surface area contributed by atoms with Crippen molar-refractivity contribution in [3.8, 4) is 17.7 Å². The lowest BCUT2D eigenvalue weighted by Crippen LogP contribution is -2.50. The standard InChI is InChI=1S/C24H23N5O4/c1-15(26-22(30)21-23(31)28-20-5-3-2-4-19(20)27-21)24(32)29-12-10-18(11-13-29)33-17-8-6-16(14-25)7-9-17/h2-9,15,18H,10-13H2,1H3,(H,26,30)(H,28,31)/t15-/m0/s1. The Balaban J connectivity index is 1.32. The van der Waals surface area contributed by atoms with E-state index in [9.17, 15) is 14.7 Å². The number of para-hydroxylation sites is 2. The second-order valence-corrected chi connectivity index (χ2v) is 7.86. The largest absolute Gasteiger partial charge is 0.492 e. The summed E-state index contributed by atoms with van der Waals surface area (Å²) in [6, 6.07) is 15.1. The van der Waals surface area contributed by atoms with Crippen LogP contribution in [0.15, 0.2) is 48.5 Å². The van der Waals surface area contributed by atoms with E-state index in [1.807, 2.05) is 0 Å². The molecule has 1 aromatic heterocycles. The van der Waals surface area contributed by atoms with Crippen molar-refractivity contribution < 1.29 is 19.4 Å².